The first-order valence-corrected chi connectivity index (χ1v) is 11.3. The third-order valence-electron chi connectivity index (χ3n) is 4.23. The maximum absolute atomic E-state index is 12.6. The van der Waals surface area contributed by atoms with E-state index in [9.17, 15) is 4.79 Å². The Kier molecular flexibility index (Phi) is 8.37. The van der Waals surface area contributed by atoms with Crippen LogP contribution in [0.15, 0.2) is 52.6 Å². The molecule has 2 heterocycles. The predicted molar refractivity (Wildman–Crippen MR) is 122 cm³/mol. The first-order chi connectivity index (χ1) is 14.9. The number of pyridine rings is 1. The number of nitrogens with zero attached hydrogens (tertiary/aromatic N) is 3. The molecule has 0 saturated heterocycles. The highest BCUT2D eigenvalue weighted by molar-refractivity contribution is 7.99. The summed E-state index contributed by atoms with van der Waals surface area (Å²) < 4.78 is 13.0. The molecule has 3 rings (SSSR count). The zero-order valence-electron chi connectivity index (χ0n) is 17.5. The molecule has 0 aliphatic heterocycles. The van der Waals surface area contributed by atoms with E-state index in [4.69, 9.17) is 32.7 Å². The maximum Gasteiger partial charge on any atom is 0.359 e. The van der Waals surface area contributed by atoms with Crippen LogP contribution in [0.5, 0.6) is 0 Å². The van der Waals surface area contributed by atoms with Gasteiger partial charge in [-0.05, 0) is 56.7 Å². The molecule has 31 heavy (non-hydrogen) atoms. The molecule has 2 aromatic heterocycles. The molecule has 0 fully saturated rings. The van der Waals surface area contributed by atoms with E-state index in [2.05, 4.69) is 10.1 Å². The smallest absolute Gasteiger partial charge is 0.359 e. The van der Waals surface area contributed by atoms with Gasteiger partial charge < -0.3 is 9.47 Å². The average molecular weight is 480 g/mol. The van der Waals surface area contributed by atoms with Gasteiger partial charge in [0.2, 0.25) is 0 Å². The molecule has 0 radical (unpaired) electrons. The van der Waals surface area contributed by atoms with Crippen molar-refractivity contribution in [2.45, 2.75) is 49.9 Å². The van der Waals surface area contributed by atoms with Gasteiger partial charge in [0, 0.05) is 38.9 Å². The Morgan fingerprint density at radius 1 is 1.13 bits per heavy atom. The molecule has 0 spiro atoms. The van der Waals surface area contributed by atoms with Gasteiger partial charge in [-0.3, -0.25) is 9.67 Å². The third kappa shape index (κ3) is 6.23. The molecule has 0 aliphatic rings. The summed E-state index contributed by atoms with van der Waals surface area (Å²) >= 11 is 13.8. The van der Waals surface area contributed by atoms with Crippen LogP contribution in [0.1, 0.15) is 48.4 Å². The minimum Gasteiger partial charge on any atom is -0.461 e. The molecular formula is C22H23Cl2N3O3S. The number of hydrogen-bond donors (Lipinski definition) is 0. The highest BCUT2D eigenvalue weighted by Crippen LogP contribution is 2.37. The van der Waals surface area contributed by atoms with E-state index in [1.54, 1.807) is 30.1 Å². The summed E-state index contributed by atoms with van der Waals surface area (Å²) in [4.78, 5) is 17.5. The zero-order chi connectivity index (χ0) is 22.4. The lowest BCUT2D eigenvalue weighted by molar-refractivity contribution is 0.0508. The molecule has 0 amide bonds. The molecular weight excluding hydrogens is 457 g/mol. The Bertz CT molecular complexity index is 1020. The summed E-state index contributed by atoms with van der Waals surface area (Å²) in [6, 6.07) is 9.10. The number of aromatic nitrogens is 3. The molecule has 0 atom stereocenters. The summed E-state index contributed by atoms with van der Waals surface area (Å²) in [7, 11) is 0. The van der Waals surface area contributed by atoms with Crippen molar-refractivity contribution in [2.75, 3.05) is 6.61 Å². The van der Waals surface area contributed by atoms with Crippen molar-refractivity contribution < 1.29 is 14.3 Å². The van der Waals surface area contributed by atoms with Crippen molar-refractivity contribution in [3.05, 3.63) is 69.6 Å². The van der Waals surface area contributed by atoms with Crippen molar-refractivity contribution in [3.63, 3.8) is 0 Å². The van der Waals surface area contributed by atoms with Crippen LogP contribution in [0.25, 0.3) is 0 Å². The summed E-state index contributed by atoms with van der Waals surface area (Å²) in [5.41, 5.74) is 1.91. The number of ether oxygens (including phenoxy) is 2. The predicted octanol–water partition coefficient (Wildman–Crippen LogP) is 6.21. The monoisotopic (exact) mass is 479 g/mol. The van der Waals surface area contributed by atoms with E-state index in [0.717, 1.165) is 15.5 Å². The van der Waals surface area contributed by atoms with E-state index in [0.29, 0.717) is 22.2 Å². The lowest BCUT2D eigenvalue weighted by atomic mass is 10.2. The fourth-order valence-electron chi connectivity index (χ4n) is 2.85. The van der Waals surface area contributed by atoms with Crippen molar-refractivity contribution in [3.8, 4) is 0 Å². The molecule has 0 N–H and O–H groups in total. The number of carbonyl (C=O) groups excluding carboxylic acids is 1. The summed E-state index contributed by atoms with van der Waals surface area (Å²) in [6.07, 6.45) is 3.42. The Morgan fingerprint density at radius 3 is 2.42 bits per heavy atom. The Balaban J connectivity index is 1.97. The van der Waals surface area contributed by atoms with Gasteiger partial charge in [-0.25, -0.2) is 4.79 Å². The van der Waals surface area contributed by atoms with Crippen molar-refractivity contribution in [2.24, 2.45) is 0 Å². The molecule has 9 heteroatoms. The van der Waals surface area contributed by atoms with Crippen LogP contribution in [0.4, 0.5) is 0 Å². The minimum atomic E-state index is -0.476. The van der Waals surface area contributed by atoms with Crippen LogP contribution in [0.3, 0.4) is 0 Å². The Morgan fingerprint density at radius 2 is 1.81 bits per heavy atom. The average Bonchev–Trinajstić information content (AvgIpc) is 3.07. The number of carbonyl (C=O) groups is 1. The molecule has 0 bridgehead atoms. The van der Waals surface area contributed by atoms with Crippen LogP contribution in [0.2, 0.25) is 10.0 Å². The van der Waals surface area contributed by atoms with E-state index < -0.39 is 5.97 Å². The number of benzene rings is 1. The van der Waals surface area contributed by atoms with E-state index >= 15 is 0 Å². The fraction of sp³-hybridized carbons (Fsp3) is 0.318. The van der Waals surface area contributed by atoms with Crippen molar-refractivity contribution in [1.82, 2.24) is 14.8 Å². The van der Waals surface area contributed by atoms with Gasteiger partial charge in [0.1, 0.15) is 5.03 Å². The summed E-state index contributed by atoms with van der Waals surface area (Å²) in [6.45, 7) is 6.60. The van der Waals surface area contributed by atoms with E-state index in [1.807, 2.05) is 38.1 Å². The van der Waals surface area contributed by atoms with Crippen molar-refractivity contribution in [1.29, 1.82) is 0 Å². The number of rotatable bonds is 9. The first-order valence-electron chi connectivity index (χ1n) is 9.78. The molecule has 1 aromatic carbocycles. The standard InChI is InChI=1S/C22H23Cl2N3O3S/c1-4-30-22(28)20-19(13-29-12-15-5-7-25-8-6-15)21(27(26-20)14(2)3)31-18-10-16(23)9-17(24)11-18/h5-11,14H,4,12-13H2,1-3H3. The minimum absolute atomic E-state index is 0.0132. The molecule has 0 aliphatic carbocycles. The highest BCUT2D eigenvalue weighted by atomic mass is 35.5. The largest absolute Gasteiger partial charge is 0.461 e. The molecule has 0 unspecified atom stereocenters. The van der Waals surface area contributed by atoms with Crippen molar-refractivity contribution >= 4 is 40.9 Å². The van der Waals surface area contributed by atoms with Gasteiger partial charge in [-0.2, -0.15) is 5.10 Å². The summed E-state index contributed by atoms with van der Waals surface area (Å²) in [5, 5.41) is 6.41. The number of halogens is 2. The van der Waals surface area contributed by atoms with Crippen LogP contribution < -0.4 is 0 Å². The normalized spacial score (nSPS) is 11.2. The Hall–Kier alpha value is -2.06. The van der Waals surface area contributed by atoms with Gasteiger partial charge in [-0.1, -0.05) is 35.0 Å². The van der Waals surface area contributed by atoms with Crippen LogP contribution in [0, 0.1) is 0 Å². The third-order valence-corrected chi connectivity index (χ3v) is 5.77. The molecule has 164 valence electrons. The van der Waals surface area contributed by atoms with E-state index in [-0.39, 0.29) is 24.9 Å². The van der Waals surface area contributed by atoms with Crippen LogP contribution >= 0.6 is 35.0 Å². The topological polar surface area (TPSA) is 66.2 Å². The van der Waals surface area contributed by atoms with Gasteiger partial charge in [0.15, 0.2) is 5.69 Å². The molecule has 3 aromatic rings. The summed E-state index contributed by atoms with van der Waals surface area (Å²) in [5.74, 6) is -0.476. The van der Waals surface area contributed by atoms with Gasteiger partial charge >= 0.3 is 5.97 Å². The van der Waals surface area contributed by atoms with Gasteiger partial charge in [0.05, 0.1) is 19.8 Å². The Labute approximate surface area is 195 Å². The van der Waals surface area contributed by atoms with Gasteiger partial charge in [-0.15, -0.1) is 0 Å². The maximum atomic E-state index is 12.6. The van der Waals surface area contributed by atoms with Crippen LogP contribution in [-0.2, 0) is 22.7 Å². The number of esters is 1. The molecule has 0 saturated carbocycles. The van der Waals surface area contributed by atoms with Gasteiger partial charge in [0.25, 0.3) is 0 Å². The lowest BCUT2D eigenvalue weighted by Gasteiger charge is -2.13. The first kappa shape index (κ1) is 23.6. The number of hydrogen-bond acceptors (Lipinski definition) is 6. The zero-order valence-corrected chi connectivity index (χ0v) is 19.8. The second kappa shape index (κ2) is 11.0. The highest BCUT2D eigenvalue weighted by Gasteiger charge is 2.26. The second-order valence-electron chi connectivity index (χ2n) is 6.95. The van der Waals surface area contributed by atoms with E-state index in [1.165, 1.54) is 11.8 Å². The SMILES string of the molecule is CCOC(=O)c1nn(C(C)C)c(Sc2cc(Cl)cc(Cl)c2)c1COCc1ccncc1. The lowest BCUT2D eigenvalue weighted by Crippen LogP contribution is -2.10. The quantitative estimate of drug-likeness (QED) is 0.339. The fourth-order valence-corrected chi connectivity index (χ4v) is 4.73. The second-order valence-corrected chi connectivity index (χ2v) is 8.88. The van der Waals surface area contributed by atoms with Crippen LogP contribution in [-0.4, -0.2) is 27.3 Å². The molecule has 6 nitrogen and oxygen atoms in total.